The number of carbonyl (C=O) groups is 1. The summed E-state index contributed by atoms with van der Waals surface area (Å²) in [5.41, 5.74) is 0.658. The van der Waals surface area contributed by atoms with E-state index in [0.717, 1.165) is 0 Å². The van der Waals surface area contributed by atoms with Gasteiger partial charge in [-0.1, -0.05) is 35.0 Å². The zero-order chi connectivity index (χ0) is 11.7. The molecular formula is C10H8Cl2N2OS. The first-order valence-corrected chi connectivity index (χ1v) is 6.26. The standard InChI is InChI=1S/C10H8Cl2N2OS/c1-6(15)14-5-16-10(14)13-9-3-7(11)2-8(12)4-9/h2-4H,5H2,1H3. The van der Waals surface area contributed by atoms with E-state index in [9.17, 15) is 4.79 Å². The van der Waals surface area contributed by atoms with Gasteiger partial charge in [-0.15, -0.1) is 0 Å². The normalized spacial score (nSPS) is 17.4. The summed E-state index contributed by atoms with van der Waals surface area (Å²) in [6.07, 6.45) is 0. The first-order chi connectivity index (χ1) is 7.56. The molecule has 0 aliphatic carbocycles. The van der Waals surface area contributed by atoms with Gasteiger partial charge in [0.15, 0.2) is 5.17 Å². The summed E-state index contributed by atoms with van der Waals surface area (Å²) < 4.78 is 0. The minimum Gasteiger partial charge on any atom is -0.281 e. The van der Waals surface area contributed by atoms with Gasteiger partial charge < -0.3 is 0 Å². The molecule has 3 nitrogen and oxygen atoms in total. The highest BCUT2D eigenvalue weighted by Crippen LogP contribution is 2.29. The number of aliphatic imine (C=N–C) groups is 1. The van der Waals surface area contributed by atoms with Gasteiger partial charge >= 0.3 is 0 Å². The molecule has 0 aromatic heterocycles. The third-order valence-corrected chi connectivity index (χ3v) is 3.40. The van der Waals surface area contributed by atoms with Crippen molar-refractivity contribution in [1.82, 2.24) is 4.90 Å². The number of hydrogen-bond acceptors (Lipinski definition) is 3. The Morgan fingerprint density at radius 2 is 2.00 bits per heavy atom. The largest absolute Gasteiger partial charge is 0.281 e. The minimum absolute atomic E-state index is 0.00868. The molecule has 1 heterocycles. The molecule has 0 N–H and O–H groups in total. The van der Waals surface area contributed by atoms with Crippen LogP contribution >= 0.6 is 35.0 Å². The number of nitrogens with zero attached hydrogens (tertiary/aromatic N) is 2. The molecule has 16 heavy (non-hydrogen) atoms. The molecule has 1 fully saturated rings. The zero-order valence-corrected chi connectivity index (χ0v) is 10.7. The van der Waals surface area contributed by atoms with E-state index >= 15 is 0 Å². The van der Waals surface area contributed by atoms with Crippen LogP contribution in [0, 0.1) is 0 Å². The SMILES string of the molecule is CC(=O)N1CSC1=Nc1cc(Cl)cc(Cl)c1. The second-order valence-corrected chi connectivity index (χ2v) is 5.03. The number of amides is 1. The average molecular weight is 275 g/mol. The van der Waals surface area contributed by atoms with Crippen molar-refractivity contribution in [2.75, 3.05) is 5.88 Å². The topological polar surface area (TPSA) is 32.7 Å². The van der Waals surface area contributed by atoms with Crippen molar-refractivity contribution in [3.05, 3.63) is 28.2 Å². The first kappa shape index (κ1) is 11.8. The molecule has 0 unspecified atom stereocenters. The molecule has 0 radical (unpaired) electrons. The fourth-order valence-corrected chi connectivity index (χ4v) is 2.59. The van der Waals surface area contributed by atoms with Gasteiger partial charge in [0.25, 0.3) is 0 Å². The Labute approximate surface area is 107 Å². The summed E-state index contributed by atoms with van der Waals surface area (Å²) in [5.74, 6) is 0.647. The number of rotatable bonds is 1. The molecule has 0 bridgehead atoms. The molecule has 1 amide bonds. The Morgan fingerprint density at radius 1 is 1.38 bits per heavy atom. The van der Waals surface area contributed by atoms with E-state index in [0.29, 0.717) is 26.8 Å². The fourth-order valence-electron chi connectivity index (χ4n) is 1.22. The van der Waals surface area contributed by atoms with Crippen LogP contribution in [0.4, 0.5) is 5.69 Å². The maximum Gasteiger partial charge on any atom is 0.226 e. The number of hydrogen-bond donors (Lipinski definition) is 0. The molecule has 1 aliphatic rings. The lowest BCUT2D eigenvalue weighted by atomic mass is 10.3. The monoisotopic (exact) mass is 274 g/mol. The summed E-state index contributed by atoms with van der Waals surface area (Å²) in [5, 5.41) is 1.75. The van der Waals surface area contributed by atoms with Gasteiger partial charge in [0, 0.05) is 17.0 Å². The number of carbonyl (C=O) groups excluding carboxylic acids is 1. The van der Waals surface area contributed by atoms with E-state index < -0.39 is 0 Å². The maximum atomic E-state index is 11.1. The van der Waals surface area contributed by atoms with Crippen LogP contribution in [0.5, 0.6) is 0 Å². The number of halogens is 2. The van der Waals surface area contributed by atoms with Gasteiger partial charge in [0.1, 0.15) is 0 Å². The summed E-state index contributed by atoms with van der Waals surface area (Å²) in [7, 11) is 0. The maximum absolute atomic E-state index is 11.1. The average Bonchev–Trinajstić information content (AvgIpc) is 2.09. The predicted molar refractivity (Wildman–Crippen MR) is 68.5 cm³/mol. The lowest BCUT2D eigenvalue weighted by Crippen LogP contribution is -2.41. The van der Waals surface area contributed by atoms with Gasteiger partial charge in [-0.3, -0.25) is 9.69 Å². The summed E-state index contributed by atoms with van der Waals surface area (Å²) in [4.78, 5) is 17.0. The van der Waals surface area contributed by atoms with Gasteiger partial charge in [-0.05, 0) is 18.2 Å². The number of amidine groups is 1. The van der Waals surface area contributed by atoms with E-state index in [1.165, 1.54) is 18.7 Å². The third kappa shape index (κ3) is 2.51. The van der Waals surface area contributed by atoms with Crippen molar-refractivity contribution in [2.24, 2.45) is 4.99 Å². The third-order valence-electron chi connectivity index (χ3n) is 2.01. The molecule has 2 rings (SSSR count). The Balaban J connectivity index is 2.26. The summed E-state index contributed by atoms with van der Waals surface area (Å²) >= 11 is 13.2. The van der Waals surface area contributed by atoms with Gasteiger partial charge in [-0.2, -0.15) is 0 Å². The number of thioether (sulfide) groups is 1. The molecule has 1 aliphatic heterocycles. The smallest absolute Gasteiger partial charge is 0.226 e. The zero-order valence-electron chi connectivity index (χ0n) is 8.41. The van der Waals surface area contributed by atoms with Crippen LogP contribution in [0.2, 0.25) is 10.0 Å². The van der Waals surface area contributed by atoms with Crippen LogP contribution in [0.1, 0.15) is 6.92 Å². The second-order valence-electron chi connectivity index (χ2n) is 3.24. The van der Waals surface area contributed by atoms with E-state index in [1.807, 2.05) is 0 Å². The molecule has 1 aromatic rings. The van der Waals surface area contributed by atoms with Crippen LogP contribution in [0.25, 0.3) is 0 Å². The Kier molecular flexibility index (Phi) is 3.42. The van der Waals surface area contributed by atoms with Crippen molar-refractivity contribution >= 4 is 51.7 Å². The van der Waals surface area contributed by atoms with Crippen molar-refractivity contribution in [1.29, 1.82) is 0 Å². The van der Waals surface area contributed by atoms with Crippen molar-refractivity contribution < 1.29 is 4.79 Å². The Morgan fingerprint density at radius 3 is 2.44 bits per heavy atom. The minimum atomic E-state index is -0.00868. The second kappa shape index (κ2) is 4.65. The highest BCUT2D eigenvalue weighted by molar-refractivity contribution is 8.15. The van der Waals surface area contributed by atoms with E-state index in [4.69, 9.17) is 23.2 Å². The van der Waals surface area contributed by atoms with Gasteiger partial charge in [0.05, 0.1) is 11.6 Å². The van der Waals surface area contributed by atoms with Gasteiger partial charge in [-0.25, -0.2) is 4.99 Å². The van der Waals surface area contributed by atoms with E-state index in [1.54, 1.807) is 23.1 Å². The van der Waals surface area contributed by atoms with Crippen LogP contribution in [-0.2, 0) is 4.79 Å². The van der Waals surface area contributed by atoms with Crippen molar-refractivity contribution in [3.63, 3.8) is 0 Å². The van der Waals surface area contributed by atoms with Crippen molar-refractivity contribution in [2.45, 2.75) is 6.92 Å². The van der Waals surface area contributed by atoms with Crippen LogP contribution < -0.4 is 0 Å². The quantitative estimate of drug-likeness (QED) is 0.785. The summed E-state index contributed by atoms with van der Waals surface area (Å²) in [6, 6.07) is 5.05. The molecular weight excluding hydrogens is 267 g/mol. The van der Waals surface area contributed by atoms with Crippen LogP contribution in [-0.4, -0.2) is 21.9 Å². The van der Waals surface area contributed by atoms with Crippen molar-refractivity contribution in [3.8, 4) is 0 Å². The highest BCUT2D eigenvalue weighted by Gasteiger charge is 2.26. The molecule has 84 valence electrons. The lowest BCUT2D eigenvalue weighted by Gasteiger charge is -2.30. The summed E-state index contributed by atoms with van der Waals surface area (Å²) in [6.45, 7) is 1.51. The van der Waals surface area contributed by atoms with Crippen LogP contribution in [0.15, 0.2) is 23.2 Å². The van der Waals surface area contributed by atoms with Gasteiger partial charge in [0.2, 0.25) is 5.91 Å². The Bertz CT molecular complexity index is 456. The highest BCUT2D eigenvalue weighted by atomic mass is 35.5. The molecule has 0 atom stereocenters. The molecule has 0 saturated carbocycles. The first-order valence-electron chi connectivity index (χ1n) is 4.52. The number of benzene rings is 1. The molecule has 1 aromatic carbocycles. The van der Waals surface area contributed by atoms with E-state index in [-0.39, 0.29) is 5.91 Å². The molecule has 1 saturated heterocycles. The lowest BCUT2D eigenvalue weighted by molar-refractivity contribution is -0.124. The van der Waals surface area contributed by atoms with Crippen LogP contribution in [0.3, 0.4) is 0 Å². The molecule has 0 spiro atoms. The molecule has 6 heteroatoms. The van der Waals surface area contributed by atoms with E-state index in [2.05, 4.69) is 4.99 Å². The fraction of sp³-hybridized carbons (Fsp3) is 0.200. The Hall–Kier alpha value is -0.710. The predicted octanol–water partition coefficient (Wildman–Crippen LogP) is 3.53.